The third kappa shape index (κ3) is 2.00. The van der Waals surface area contributed by atoms with Gasteiger partial charge in [0.2, 0.25) is 0 Å². The van der Waals surface area contributed by atoms with Crippen molar-refractivity contribution in [2.24, 2.45) is 0 Å². The molecule has 3 nitrogen and oxygen atoms in total. The van der Waals surface area contributed by atoms with E-state index in [1.807, 2.05) is 36.4 Å². The van der Waals surface area contributed by atoms with Crippen LogP contribution < -0.4 is 0 Å². The molecule has 3 heteroatoms. The van der Waals surface area contributed by atoms with Crippen molar-refractivity contribution in [3.8, 4) is 23.4 Å². The first kappa shape index (κ1) is 10.9. The van der Waals surface area contributed by atoms with Crippen molar-refractivity contribution in [3.05, 3.63) is 53.2 Å². The molecule has 0 bridgehead atoms. The van der Waals surface area contributed by atoms with Gasteiger partial charge in [-0.3, -0.25) is 4.98 Å². The third-order valence-corrected chi connectivity index (χ3v) is 2.50. The third-order valence-electron chi connectivity index (χ3n) is 2.50. The lowest BCUT2D eigenvalue weighted by Crippen LogP contribution is -1.95. The fourth-order valence-corrected chi connectivity index (χ4v) is 1.62. The topological polar surface area (TPSA) is 60.5 Å². The van der Waals surface area contributed by atoms with E-state index < -0.39 is 0 Å². The van der Waals surface area contributed by atoms with Gasteiger partial charge in [0.25, 0.3) is 0 Å². The Kier molecular flexibility index (Phi) is 2.85. The number of aryl methyl sites for hydroxylation is 1. The molecule has 0 spiro atoms. The summed E-state index contributed by atoms with van der Waals surface area (Å²) in [4.78, 5) is 4.34. The molecule has 0 unspecified atom stereocenters. The van der Waals surface area contributed by atoms with Crippen LogP contribution in [0.2, 0.25) is 0 Å². The average molecular weight is 219 g/mol. The molecule has 0 atom stereocenters. The van der Waals surface area contributed by atoms with Crippen molar-refractivity contribution < 1.29 is 0 Å². The van der Waals surface area contributed by atoms with E-state index in [4.69, 9.17) is 10.5 Å². The summed E-state index contributed by atoms with van der Waals surface area (Å²) in [6.45, 7) is 1.77. The van der Waals surface area contributed by atoms with Crippen LogP contribution in [0.15, 0.2) is 36.4 Å². The lowest BCUT2D eigenvalue weighted by Gasteiger charge is -2.05. The first-order valence-corrected chi connectivity index (χ1v) is 5.13. The van der Waals surface area contributed by atoms with Gasteiger partial charge in [0.05, 0.1) is 22.5 Å². The van der Waals surface area contributed by atoms with Gasteiger partial charge in [-0.25, -0.2) is 0 Å². The number of nitrogens with zero attached hydrogens (tertiary/aromatic N) is 3. The number of hydrogen-bond acceptors (Lipinski definition) is 3. The molecule has 2 rings (SSSR count). The quantitative estimate of drug-likeness (QED) is 0.740. The van der Waals surface area contributed by atoms with Gasteiger partial charge in [-0.15, -0.1) is 0 Å². The Bertz CT molecular complexity index is 631. The second kappa shape index (κ2) is 4.47. The largest absolute Gasteiger partial charge is 0.250 e. The molecular weight excluding hydrogens is 210 g/mol. The first-order chi connectivity index (χ1) is 8.26. The zero-order valence-electron chi connectivity index (χ0n) is 9.31. The molecule has 2 aromatic rings. The van der Waals surface area contributed by atoms with Gasteiger partial charge < -0.3 is 0 Å². The molecule has 0 aliphatic rings. The fraction of sp³-hybridized carbons (Fsp3) is 0.0714. The van der Waals surface area contributed by atoms with Crippen LogP contribution in [0.25, 0.3) is 11.3 Å². The van der Waals surface area contributed by atoms with Gasteiger partial charge in [-0.2, -0.15) is 10.5 Å². The first-order valence-electron chi connectivity index (χ1n) is 5.13. The summed E-state index contributed by atoms with van der Waals surface area (Å²) in [5, 5.41) is 18.0. The van der Waals surface area contributed by atoms with Gasteiger partial charge in [0.15, 0.2) is 0 Å². The van der Waals surface area contributed by atoms with Crippen molar-refractivity contribution in [1.29, 1.82) is 10.5 Å². The Balaban J connectivity index is 2.68. The number of rotatable bonds is 1. The average Bonchev–Trinajstić information content (AvgIpc) is 2.39. The van der Waals surface area contributed by atoms with Crippen LogP contribution in [0.3, 0.4) is 0 Å². The highest BCUT2D eigenvalue weighted by atomic mass is 14.7. The van der Waals surface area contributed by atoms with Crippen LogP contribution >= 0.6 is 0 Å². The Morgan fingerprint density at radius 1 is 1.00 bits per heavy atom. The smallest absolute Gasteiger partial charge is 0.101 e. The maximum absolute atomic E-state index is 9.09. The van der Waals surface area contributed by atoms with Gasteiger partial charge in [-0.1, -0.05) is 30.3 Å². The second-order valence-corrected chi connectivity index (χ2v) is 3.61. The van der Waals surface area contributed by atoms with E-state index in [1.165, 1.54) is 0 Å². The monoisotopic (exact) mass is 219 g/mol. The number of hydrogen-bond donors (Lipinski definition) is 0. The standard InChI is InChI=1S/C14H9N3/c1-10-12(8-15)7-13(9-16)14(17-10)11-5-3-2-4-6-11/h2-7H,1H3. The second-order valence-electron chi connectivity index (χ2n) is 3.61. The van der Waals surface area contributed by atoms with Crippen LogP contribution in [0.5, 0.6) is 0 Å². The van der Waals surface area contributed by atoms with Crippen LogP contribution in [0.4, 0.5) is 0 Å². The summed E-state index contributed by atoms with van der Waals surface area (Å²) in [5.41, 5.74) is 3.03. The van der Waals surface area contributed by atoms with E-state index >= 15 is 0 Å². The SMILES string of the molecule is Cc1nc(-c2ccccc2)c(C#N)cc1C#N. The Morgan fingerprint density at radius 3 is 2.24 bits per heavy atom. The predicted octanol–water partition coefficient (Wildman–Crippen LogP) is 2.80. The molecule has 0 amide bonds. The van der Waals surface area contributed by atoms with Gasteiger partial charge in [0.1, 0.15) is 12.1 Å². The summed E-state index contributed by atoms with van der Waals surface area (Å²) in [6, 6.07) is 15.2. The lowest BCUT2D eigenvalue weighted by molar-refractivity contribution is 1.17. The highest BCUT2D eigenvalue weighted by Crippen LogP contribution is 2.22. The highest BCUT2D eigenvalue weighted by molar-refractivity contribution is 5.67. The van der Waals surface area contributed by atoms with Crippen molar-refractivity contribution in [2.45, 2.75) is 6.92 Å². The molecule has 0 aliphatic carbocycles. The molecule has 0 saturated heterocycles. The molecule has 0 aliphatic heterocycles. The number of benzene rings is 1. The summed E-state index contributed by atoms with van der Waals surface area (Å²) in [7, 11) is 0. The van der Waals surface area contributed by atoms with Gasteiger partial charge in [-0.05, 0) is 13.0 Å². The van der Waals surface area contributed by atoms with Crippen LogP contribution in [0.1, 0.15) is 16.8 Å². The molecule has 80 valence electrons. The maximum Gasteiger partial charge on any atom is 0.101 e. The van der Waals surface area contributed by atoms with Gasteiger partial charge >= 0.3 is 0 Å². The Labute approximate surface area is 99.6 Å². The lowest BCUT2D eigenvalue weighted by atomic mass is 10.0. The number of pyridine rings is 1. The van der Waals surface area contributed by atoms with E-state index in [0.717, 1.165) is 5.56 Å². The molecule has 1 aromatic carbocycles. The van der Waals surface area contributed by atoms with E-state index in [-0.39, 0.29) is 0 Å². The zero-order chi connectivity index (χ0) is 12.3. The summed E-state index contributed by atoms with van der Waals surface area (Å²) in [6.07, 6.45) is 0. The normalized spacial score (nSPS) is 9.35. The Morgan fingerprint density at radius 2 is 1.65 bits per heavy atom. The van der Waals surface area contributed by atoms with Crippen molar-refractivity contribution in [3.63, 3.8) is 0 Å². The molecular formula is C14H9N3. The van der Waals surface area contributed by atoms with Crippen molar-refractivity contribution in [2.75, 3.05) is 0 Å². The molecule has 0 radical (unpaired) electrons. The Hall–Kier alpha value is -2.65. The van der Waals surface area contributed by atoms with Crippen LogP contribution in [-0.4, -0.2) is 4.98 Å². The van der Waals surface area contributed by atoms with E-state index in [9.17, 15) is 0 Å². The fourth-order valence-electron chi connectivity index (χ4n) is 1.62. The van der Waals surface area contributed by atoms with E-state index in [0.29, 0.717) is 22.5 Å². The minimum Gasteiger partial charge on any atom is -0.250 e. The van der Waals surface area contributed by atoms with Gasteiger partial charge in [0, 0.05) is 5.56 Å². The van der Waals surface area contributed by atoms with Crippen LogP contribution in [-0.2, 0) is 0 Å². The highest BCUT2D eigenvalue weighted by Gasteiger charge is 2.10. The van der Waals surface area contributed by atoms with Crippen molar-refractivity contribution >= 4 is 0 Å². The van der Waals surface area contributed by atoms with Crippen LogP contribution in [0, 0.1) is 29.6 Å². The molecule has 1 aromatic heterocycles. The summed E-state index contributed by atoms with van der Waals surface area (Å²) < 4.78 is 0. The molecule has 17 heavy (non-hydrogen) atoms. The van der Waals surface area contributed by atoms with E-state index in [1.54, 1.807) is 13.0 Å². The van der Waals surface area contributed by atoms with E-state index in [2.05, 4.69) is 11.1 Å². The zero-order valence-corrected chi connectivity index (χ0v) is 9.31. The molecule has 0 N–H and O–H groups in total. The maximum atomic E-state index is 9.09. The minimum absolute atomic E-state index is 0.429. The van der Waals surface area contributed by atoms with Crippen molar-refractivity contribution in [1.82, 2.24) is 4.98 Å². The number of aromatic nitrogens is 1. The summed E-state index contributed by atoms with van der Waals surface area (Å²) in [5.74, 6) is 0. The molecule has 1 heterocycles. The molecule has 0 fully saturated rings. The minimum atomic E-state index is 0.429. The summed E-state index contributed by atoms with van der Waals surface area (Å²) >= 11 is 0. The molecule has 0 saturated carbocycles. The predicted molar refractivity (Wildman–Crippen MR) is 63.8 cm³/mol. The number of nitriles is 2.